The Bertz CT molecular complexity index is 1300. The smallest absolute Gasteiger partial charge is 0.303 e. The Hall–Kier alpha value is -3.26. The monoisotopic (exact) mass is 534 g/mol. The van der Waals surface area contributed by atoms with Crippen molar-refractivity contribution >= 4 is 18.0 Å². The number of ether oxygens (including phenoxy) is 3. The number of piperidine rings is 1. The number of esters is 1. The summed E-state index contributed by atoms with van der Waals surface area (Å²) in [6, 6.07) is 5.79. The zero-order valence-electron chi connectivity index (χ0n) is 23.4. The summed E-state index contributed by atoms with van der Waals surface area (Å²) >= 11 is 0. The quantitative estimate of drug-likeness (QED) is 0.389. The largest absolute Gasteiger partial charge is 0.493 e. The summed E-state index contributed by atoms with van der Waals surface area (Å²) in [6.07, 6.45) is 9.16. The number of likely N-dealkylation sites (tertiary alicyclic amines) is 1. The molecule has 3 heterocycles. The molecule has 1 spiro atoms. The van der Waals surface area contributed by atoms with Crippen LogP contribution < -0.4 is 9.47 Å². The summed E-state index contributed by atoms with van der Waals surface area (Å²) in [5.41, 5.74) is 1.87. The van der Waals surface area contributed by atoms with E-state index in [4.69, 9.17) is 18.6 Å². The molecule has 0 unspecified atom stereocenters. The number of methoxy groups -OCH3 is 1. The van der Waals surface area contributed by atoms with E-state index in [9.17, 15) is 9.59 Å². The molecule has 5 atom stereocenters. The highest BCUT2D eigenvalue weighted by molar-refractivity contribution is 5.92. The van der Waals surface area contributed by atoms with Crippen molar-refractivity contribution in [1.29, 1.82) is 0 Å². The molecule has 2 aliphatic carbocycles. The van der Waals surface area contributed by atoms with Gasteiger partial charge in [0.05, 0.1) is 37.1 Å². The van der Waals surface area contributed by atoms with Gasteiger partial charge >= 0.3 is 5.97 Å². The lowest BCUT2D eigenvalue weighted by Crippen LogP contribution is -2.79. The molecule has 2 aliphatic heterocycles. The molecule has 2 fully saturated rings. The van der Waals surface area contributed by atoms with Gasteiger partial charge in [-0.2, -0.15) is 0 Å². The number of furan rings is 1. The molecule has 1 saturated carbocycles. The topological polar surface area (TPSA) is 81.5 Å². The van der Waals surface area contributed by atoms with Crippen molar-refractivity contribution in [1.82, 2.24) is 9.80 Å². The summed E-state index contributed by atoms with van der Waals surface area (Å²) in [6.45, 7) is 7.22. The van der Waals surface area contributed by atoms with Gasteiger partial charge in [-0.15, -0.1) is 0 Å². The van der Waals surface area contributed by atoms with Crippen molar-refractivity contribution in [2.75, 3.05) is 27.2 Å². The van der Waals surface area contributed by atoms with Crippen LogP contribution in [0.4, 0.5) is 0 Å². The molecule has 1 saturated heterocycles. The van der Waals surface area contributed by atoms with Crippen molar-refractivity contribution in [3.8, 4) is 11.5 Å². The van der Waals surface area contributed by atoms with Crippen LogP contribution in [-0.4, -0.2) is 72.7 Å². The minimum absolute atomic E-state index is 0.0317. The number of carbonyl (C=O) groups excluding carboxylic acids is 2. The van der Waals surface area contributed by atoms with Crippen molar-refractivity contribution in [2.24, 2.45) is 5.92 Å². The van der Waals surface area contributed by atoms with E-state index in [1.165, 1.54) is 12.5 Å². The summed E-state index contributed by atoms with van der Waals surface area (Å²) in [5.74, 6) is 1.37. The van der Waals surface area contributed by atoms with Crippen LogP contribution in [0.5, 0.6) is 11.5 Å². The molecule has 0 radical (unpaired) electrons. The van der Waals surface area contributed by atoms with Crippen LogP contribution in [0.2, 0.25) is 0 Å². The SMILES string of the molecule is COc1ccc2c3c1O[C@H]1[C@H](N(CC(C)C)C(=O)/C=C/c4ccoc4)CC[C@@]4(OC(C)=O)[C@@H](C2)N(C)CC[C@]314. The van der Waals surface area contributed by atoms with Crippen molar-refractivity contribution in [3.63, 3.8) is 0 Å². The molecule has 1 aromatic carbocycles. The fourth-order valence-electron chi connectivity index (χ4n) is 8.04. The molecular formula is C31H38N2O6. The minimum atomic E-state index is -0.739. The fraction of sp³-hybridized carbons (Fsp3) is 0.548. The zero-order chi connectivity index (χ0) is 27.5. The first kappa shape index (κ1) is 26.0. The van der Waals surface area contributed by atoms with E-state index < -0.39 is 11.0 Å². The summed E-state index contributed by atoms with van der Waals surface area (Å²) < 4.78 is 24.4. The van der Waals surface area contributed by atoms with Crippen molar-refractivity contribution in [3.05, 3.63) is 53.5 Å². The molecule has 8 nitrogen and oxygen atoms in total. The predicted octanol–water partition coefficient (Wildman–Crippen LogP) is 4.21. The van der Waals surface area contributed by atoms with Crippen LogP contribution in [-0.2, 0) is 26.2 Å². The van der Waals surface area contributed by atoms with Gasteiger partial charge in [-0.05, 0) is 69.0 Å². The van der Waals surface area contributed by atoms with Gasteiger partial charge in [0.25, 0.3) is 0 Å². The van der Waals surface area contributed by atoms with E-state index in [0.29, 0.717) is 25.1 Å². The molecule has 1 aromatic heterocycles. The molecule has 208 valence electrons. The Balaban J connectivity index is 1.50. The third kappa shape index (κ3) is 3.74. The van der Waals surface area contributed by atoms with E-state index in [-0.39, 0.29) is 36.0 Å². The lowest BCUT2D eigenvalue weighted by Gasteiger charge is -2.65. The zero-order valence-corrected chi connectivity index (χ0v) is 23.4. The van der Waals surface area contributed by atoms with Crippen LogP contribution in [0.1, 0.15) is 56.7 Å². The molecule has 4 aliphatic rings. The van der Waals surface area contributed by atoms with E-state index in [0.717, 1.165) is 36.3 Å². The van der Waals surface area contributed by atoms with Gasteiger partial charge in [0.15, 0.2) is 11.5 Å². The Labute approximate surface area is 229 Å². The normalized spacial score (nSPS) is 30.7. The second-order valence-corrected chi connectivity index (χ2v) is 12.0. The molecule has 0 N–H and O–H groups in total. The highest BCUT2D eigenvalue weighted by Crippen LogP contribution is 2.67. The van der Waals surface area contributed by atoms with Gasteiger partial charge in [0.1, 0.15) is 11.7 Å². The number of benzene rings is 1. The Kier molecular flexibility index (Phi) is 6.29. The van der Waals surface area contributed by atoms with Crippen molar-refractivity contribution < 1.29 is 28.2 Å². The van der Waals surface area contributed by atoms with Gasteiger partial charge < -0.3 is 23.5 Å². The van der Waals surface area contributed by atoms with Crippen LogP contribution in [0.25, 0.3) is 6.08 Å². The number of nitrogens with zero attached hydrogens (tertiary/aromatic N) is 2. The van der Waals surface area contributed by atoms with E-state index >= 15 is 0 Å². The first-order chi connectivity index (χ1) is 18.7. The van der Waals surface area contributed by atoms with Crippen LogP contribution in [0, 0.1) is 5.92 Å². The molecule has 2 aromatic rings. The van der Waals surface area contributed by atoms with Crippen molar-refractivity contribution in [2.45, 2.75) is 75.7 Å². The number of rotatable bonds is 7. The third-order valence-corrected chi connectivity index (χ3v) is 9.40. The Morgan fingerprint density at radius 3 is 2.77 bits per heavy atom. The highest BCUT2D eigenvalue weighted by Gasteiger charge is 2.75. The highest BCUT2D eigenvalue weighted by atomic mass is 16.6. The van der Waals surface area contributed by atoms with E-state index in [1.807, 2.05) is 17.0 Å². The summed E-state index contributed by atoms with van der Waals surface area (Å²) in [5, 5.41) is 0. The Morgan fingerprint density at radius 1 is 1.26 bits per heavy atom. The molecule has 2 bridgehead atoms. The number of hydrogen-bond donors (Lipinski definition) is 0. The average molecular weight is 535 g/mol. The first-order valence-corrected chi connectivity index (χ1v) is 14.0. The molecule has 6 rings (SSSR count). The molecular weight excluding hydrogens is 496 g/mol. The number of likely N-dealkylation sites (N-methyl/N-ethyl adjacent to an activating group) is 1. The van der Waals surface area contributed by atoms with Gasteiger partial charge in [0, 0.05) is 30.7 Å². The second-order valence-electron chi connectivity index (χ2n) is 12.0. The van der Waals surface area contributed by atoms with E-state index in [2.05, 4.69) is 31.9 Å². The maximum atomic E-state index is 13.8. The fourth-order valence-corrected chi connectivity index (χ4v) is 8.04. The molecule has 8 heteroatoms. The third-order valence-electron chi connectivity index (χ3n) is 9.40. The average Bonchev–Trinajstić information content (AvgIpc) is 3.54. The van der Waals surface area contributed by atoms with Crippen LogP contribution in [0.3, 0.4) is 0 Å². The molecule has 1 amide bonds. The van der Waals surface area contributed by atoms with Gasteiger partial charge in [-0.25, -0.2) is 0 Å². The Morgan fingerprint density at radius 2 is 2.08 bits per heavy atom. The maximum absolute atomic E-state index is 13.8. The van der Waals surface area contributed by atoms with Gasteiger partial charge in [-0.3, -0.25) is 14.5 Å². The molecule has 39 heavy (non-hydrogen) atoms. The van der Waals surface area contributed by atoms with Crippen LogP contribution in [0.15, 0.2) is 41.2 Å². The number of amides is 1. The lowest BCUT2D eigenvalue weighted by molar-refractivity contribution is -0.221. The van der Waals surface area contributed by atoms with Gasteiger partial charge in [0.2, 0.25) is 5.91 Å². The minimum Gasteiger partial charge on any atom is -0.493 e. The van der Waals surface area contributed by atoms with Gasteiger partial charge in [-0.1, -0.05) is 19.9 Å². The lowest BCUT2D eigenvalue weighted by atomic mass is 9.48. The summed E-state index contributed by atoms with van der Waals surface area (Å²) in [7, 11) is 3.79. The number of hydrogen-bond acceptors (Lipinski definition) is 7. The second kappa shape index (κ2) is 9.44. The van der Waals surface area contributed by atoms with E-state index in [1.54, 1.807) is 31.8 Å². The van der Waals surface area contributed by atoms with Crippen LogP contribution >= 0.6 is 0 Å². The summed E-state index contributed by atoms with van der Waals surface area (Å²) in [4.78, 5) is 30.9. The maximum Gasteiger partial charge on any atom is 0.303 e. The number of carbonyl (C=O) groups is 2. The standard InChI is InChI=1S/C31H38N2O6/c1-19(2)17-33(26(35)9-6-21-11-15-37-18-21)23-10-12-31(39-20(3)34)25-16-22-7-8-24(36-5)28-27(22)30(31,29(23)38-28)13-14-32(25)4/h6-9,11,15,18-19,23,25,29H,10,12-14,16-17H2,1-5H3/b9-6+/t23-,25-,29+,30+,31-/m1/s1. The predicted molar refractivity (Wildman–Crippen MR) is 146 cm³/mol. The first-order valence-electron chi connectivity index (χ1n) is 14.0.